The van der Waals surface area contributed by atoms with Gasteiger partial charge in [0.05, 0.1) is 19.6 Å². The Hall–Kier alpha value is -2.43. The van der Waals surface area contributed by atoms with Crippen LogP contribution in [0.25, 0.3) is 0 Å². The summed E-state index contributed by atoms with van der Waals surface area (Å²) in [4.78, 5) is 29.8. The second-order valence-electron chi connectivity index (χ2n) is 6.78. The summed E-state index contributed by atoms with van der Waals surface area (Å²) in [7, 11) is 1.59. The molecule has 0 bridgehead atoms. The molecule has 1 aromatic rings. The van der Waals surface area contributed by atoms with Gasteiger partial charge < -0.3 is 9.47 Å². The summed E-state index contributed by atoms with van der Waals surface area (Å²) >= 11 is 0. The van der Waals surface area contributed by atoms with Crippen LogP contribution in [0.1, 0.15) is 51.5 Å². The summed E-state index contributed by atoms with van der Waals surface area (Å²) < 4.78 is 11.1. The normalized spacial score (nSPS) is 22.6. The molecule has 5 nitrogen and oxygen atoms in total. The number of fused-ring (bicyclic) bond motifs is 1. The van der Waals surface area contributed by atoms with E-state index >= 15 is 0 Å². The molecule has 2 aliphatic rings. The van der Waals surface area contributed by atoms with Gasteiger partial charge in [-0.15, -0.1) is 0 Å². The topological polar surface area (TPSA) is 65.0 Å². The Kier molecular flexibility index (Phi) is 5.25. The molecule has 0 spiro atoms. The van der Waals surface area contributed by atoms with Gasteiger partial charge in [0.25, 0.3) is 0 Å². The minimum Gasteiger partial charge on any atom is -0.493 e. The van der Waals surface area contributed by atoms with Crippen molar-refractivity contribution in [2.45, 2.75) is 46.0 Å². The lowest BCUT2D eigenvalue weighted by Crippen LogP contribution is -2.38. The lowest BCUT2D eigenvalue weighted by Gasteiger charge is -2.35. The molecular weight excluding hydrogens is 330 g/mol. The van der Waals surface area contributed by atoms with Crippen molar-refractivity contribution in [2.75, 3.05) is 13.7 Å². The van der Waals surface area contributed by atoms with Gasteiger partial charge in [0, 0.05) is 29.3 Å². The molecule has 1 fully saturated rings. The van der Waals surface area contributed by atoms with Crippen molar-refractivity contribution in [1.29, 1.82) is 0 Å². The maximum atomic E-state index is 12.7. The summed E-state index contributed by atoms with van der Waals surface area (Å²) in [5.74, 6) is 0.729. The average molecular weight is 355 g/mol. The summed E-state index contributed by atoms with van der Waals surface area (Å²) in [5.41, 5.74) is 3.14. The van der Waals surface area contributed by atoms with Gasteiger partial charge >= 0.3 is 0 Å². The van der Waals surface area contributed by atoms with Crippen molar-refractivity contribution in [3.05, 3.63) is 35.0 Å². The monoisotopic (exact) mass is 355 g/mol. The fourth-order valence-electron chi connectivity index (χ4n) is 4.10. The van der Waals surface area contributed by atoms with Crippen LogP contribution in [0, 0.1) is 5.92 Å². The predicted molar refractivity (Wildman–Crippen MR) is 100 cm³/mol. The number of benzene rings is 1. The number of nitrogens with zero attached hydrogens (tertiary/aromatic N) is 1. The number of rotatable bonds is 5. The van der Waals surface area contributed by atoms with Crippen LogP contribution in [-0.4, -0.2) is 31.0 Å². The minimum atomic E-state index is -0.353. The van der Waals surface area contributed by atoms with E-state index in [2.05, 4.69) is 4.99 Å². The van der Waals surface area contributed by atoms with Gasteiger partial charge in [0.1, 0.15) is 5.78 Å². The van der Waals surface area contributed by atoms with Gasteiger partial charge in [0.15, 0.2) is 17.3 Å². The highest BCUT2D eigenvalue weighted by Crippen LogP contribution is 2.44. The van der Waals surface area contributed by atoms with Crippen LogP contribution in [0.5, 0.6) is 11.5 Å². The van der Waals surface area contributed by atoms with E-state index in [0.717, 1.165) is 29.8 Å². The first-order chi connectivity index (χ1) is 12.5. The fourth-order valence-corrected chi connectivity index (χ4v) is 4.10. The molecule has 26 heavy (non-hydrogen) atoms. The Morgan fingerprint density at radius 2 is 2.00 bits per heavy atom. The second kappa shape index (κ2) is 7.44. The van der Waals surface area contributed by atoms with Gasteiger partial charge in [0.2, 0.25) is 0 Å². The van der Waals surface area contributed by atoms with Crippen LogP contribution < -0.4 is 9.47 Å². The number of allylic oxidation sites excluding steroid dienone is 2. The molecule has 2 atom stereocenters. The number of carbonyl (C=O) groups is 2. The van der Waals surface area contributed by atoms with Gasteiger partial charge in [-0.2, -0.15) is 0 Å². The third-order valence-corrected chi connectivity index (χ3v) is 5.13. The van der Waals surface area contributed by atoms with Gasteiger partial charge in [-0.3, -0.25) is 14.6 Å². The second-order valence-corrected chi connectivity index (χ2v) is 6.78. The molecule has 1 aliphatic carbocycles. The third-order valence-electron chi connectivity index (χ3n) is 5.13. The largest absolute Gasteiger partial charge is 0.493 e. The minimum absolute atomic E-state index is 0.0403. The molecule has 138 valence electrons. The zero-order valence-corrected chi connectivity index (χ0v) is 15.8. The van der Waals surface area contributed by atoms with Crippen LogP contribution in [0.2, 0.25) is 0 Å². The van der Waals surface area contributed by atoms with Crippen molar-refractivity contribution >= 4 is 17.3 Å². The maximum Gasteiger partial charge on any atom is 0.161 e. The Balaban J connectivity index is 2.14. The smallest absolute Gasteiger partial charge is 0.161 e. The molecule has 5 heteroatoms. The van der Waals surface area contributed by atoms with E-state index in [9.17, 15) is 9.59 Å². The molecule has 0 amide bonds. The number of hydrogen-bond donors (Lipinski definition) is 0. The number of ether oxygens (including phenoxy) is 2. The highest BCUT2D eigenvalue weighted by molar-refractivity contribution is 6.12. The lowest BCUT2D eigenvalue weighted by atomic mass is 9.69. The molecule has 1 saturated carbocycles. The van der Waals surface area contributed by atoms with E-state index in [1.165, 1.54) is 0 Å². The number of hydrogen-bond acceptors (Lipinski definition) is 5. The summed E-state index contributed by atoms with van der Waals surface area (Å²) in [6.45, 7) is 5.86. The highest BCUT2D eigenvalue weighted by Gasteiger charge is 2.42. The zero-order valence-electron chi connectivity index (χ0n) is 15.8. The average Bonchev–Trinajstić information content (AvgIpc) is 2.61. The molecule has 3 rings (SSSR count). The van der Waals surface area contributed by atoms with Crippen molar-refractivity contribution in [3.8, 4) is 11.5 Å². The first-order valence-electron chi connectivity index (χ1n) is 9.10. The first-order valence-corrected chi connectivity index (χ1v) is 9.10. The highest BCUT2D eigenvalue weighted by atomic mass is 16.5. The predicted octanol–water partition coefficient (Wildman–Crippen LogP) is 3.86. The van der Waals surface area contributed by atoms with Crippen LogP contribution in [0.15, 0.2) is 34.5 Å². The Morgan fingerprint density at radius 1 is 1.23 bits per heavy atom. The standard InChI is InChI=1S/C21H25NO4/c1-5-26-17-10-9-14(11-18(17)25-4)20-19(13(3)23)12(2)22-15-7-6-8-16(24)21(15)20/h9-11,20-21H,5-8H2,1-4H3/t20-,21?/m1/s1. The Morgan fingerprint density at radius 3 is 2.65 bits per heavy atom. The number of ketones is 2. The molecule has 1 aromatic carbocycles. The molecule has 0 radical (unpaired) electrons. The molecule has 0 N–H and O–H groups in total. The fraction of sp³-hybridized carbons (Fsp3) is 0.476. The first kappa shape index (κ1) is 18.4. The number of Topliss-reactive ketones (excluding diaryl/α,β-unsaturated/α-hetero) is 2. The van der Waals surface area contributed by atoms with E-state index in [1.807, 2.05) is 32.0 Å². The number of carbonyl (C=O) groups excluding carboxylic acids is 2. The van der Waals surface area contributed by atoms with E-state index < -0.39 is 0 Å². The van der Waals surface area contributed by atoms with E-state index in [0.29, 0.717) is 30.1 Å². The molecule has 0 saturated heterocycles. The molecule has 0 aromatic heterocycles. The van der Waals surface area contributed by atoms with Crippen LogP contribution >= 0.6 is 0 Å². The summed E-state index contributed by atoms with van der Waals surface area (Å²) in [5, 5.41) is 0. The van der Waals surface area contributed by atoms with Crippen LogP contribution in [0.4, 0.5) is 0 Å². The maximum absolute atomic E-state index is 12.7. The SMILES string of the molecule is CCOc1ccc([C@@H]2C(C(C)=O)=C(C)N=C3CCCC(=O)C32)cc1OC. The van der Waals surface area contributed by atoms with Gasteiger partial charge in [-0.1, -0.05) is 6.07 Å². The molecular formula is C21H25NO4. The third kappa shape index (κ3) is 3.18. The van der Waals surface area contributed by atoms with Crippen molar-refractivity contribution in [3.63, 3.8) is 0 Å². The van der Waals surface area contributed by atoms with Crippen LogP contribution in [0.3, 0.4) is 0 Å². The van der Waals surface area contributed by atoms with E-state index in [-0.39, 0.29) is 23.4 Å². The quantitative estimate of drug-likeness (QED) is 0.804. The zero-order chi connectivity index (χ0) is 18.8. The van der Waals surface area contributed by atoms with E-state index in [4.69, 9.17) is 9.47 Å². The van der Waals surface area contributed by atoms with Gasteiger partial charge in [-0.25, -0.2) is 0 Å². The summed E-state index contributed by atoms with van der Waals surface area (Å²) in [6.07, 6.45) is 2.18. The molecule has 1 heterocycles. The van der Waals surface area contributed by atoms with Crippen molar-refractivity contribution < 1.29 is 19.1 Å². The van der Waals surface area contributed by atoms with Crippen molar-refractivity contribution in [1.82, 2.24) is 0 Å². The molecule has 1 unspecified atom stereocenters. The van der Waals surface area contributed by atoms with E-state index in [1.54, 1.807) is 14.0 Å². The van der Waals surface area contributed by atoms with Crippen molar-refractivity contribution in [2.24, 2.45) is 10.9 Å². The van der Waals surface area contributed by atoms with Crippen LogP contribution in [-0.2, 0) is 9.59 Å². The Labute approximate surface area is 154 Å². The molecule has 1 aliphatic heterocycles. The van der Waals surface area contributed by atoms with Gasteiger partial charge in [-0.05, 0) is 51.3 Å². The Bertz CT molecular complexity index is 806. The number of methoxy groups -OCH3 is 1. The summed E-state index contributed by atoms with van der Waals surface area (Å²) in [6, 6.07) is 5.67. The number of aliphatic imine (C=N–C) groups is 1. The lowest BCUT2D eigenvalue weighted by molar-refractivity contribution is -0.122.